The van der Waals surface area contributed by atoms with Gasteiger partial charge in [-0.2, -0.15) is 0 Å². The highest BCUT2D eigenvalue weighted by Gasteiger charge is 2.29. The Kier molecular flexibility index (Phi) is 4.66. The second-order valence-electron chi connectivity index (χ2n) is 4.35. The Balaban J connectivity index is 2.34. The van der Waals surface area contributed by atoms with E-state index in [1.165, 1.54) is 12.1 Å². The largest absolute Gasteiger partial charge is 0.381 e. The summed E-state index contributed by atoms with van der Waals surface area (Å²) >= 11 is 3.07. The quantitative estimate of drug-likeness (QED) is 0.511. The predicted octanol–water partition coefficient (Wildman–Crippen LogP) is 2.66. The number of benzene rings is 1. The summed E-state index contributed by atoms with van der Waals surface area (Å²) in [7, 11) is 0. The third-order valence-corrected chi connectivity index (χ3v) is 3.92. The molecule has 1 aliphatic rings. The minimum atomic E-state index is -0.593. The maximum atomic E-state index is 14.0. The minimum Gasteiger partial charge on any atom is -0.381 e. The van der Waals surface area contributed by atoms with Gasteiger partial charge in [-0.1, -0.05) is 0 Å². The molecule has 0 bridgehead atoms. The van der Waals surface area contributed by atoms with Gasteiger partial charge < -0.3 is 4.74 Å². The lowest BCUT2D eigenvalue weighted by atomic mass is 9.87. The highest BCUT2D eigenvalue weighted by atomic mass is 79.9. The molecular weight excluding hydrogens is 306 g/mol. The van der Waals surface area contributed by atoms with Gasteiger partial charge in [0.15, 0.2) is 0 Å². The van der Waals surface area contributed by atoms with Crippen LogP contribution < -0.4 is 11.3 Å². The van der Waals surface area contributed by atoms with Crippen LogP contribution in [0, 0.1) is 17.6 Å². The molecule has 0 aromatic heterocycles. The van der Waals surface area contributed by atoms with Crippen LogP contribution in [0.5, 0.6) is 0 Å². The molecule has 0 radical (unpaired) electrons. The van der Waals surface area contributed by atoms with Gasteiger partial charge in [0.25, 0.3) is 0 Å². The standard InChI is InChI=1S/C12H15BrF2N2O/c13-8-1-2-9(14)10(11(8)15)12(17-16)7-3-5-18-6-4-7/h1-2,7,12,17H,3-6,16H2. The van der Waals surface area contributed by atoms with E-state index >= 15 is 0 Å². The summed E-state index contributed by atoms with van der Waals surface area (Å²) in [5, 5.41) is 0. The SMILES string of the molecule is NNC(c1c(F)ccc(Br)c1F)C1CCOCC1. The van der Waals surface area contributed by atoms with Crippen molar-refractivity contribution in [1.82, 2.24) is 5.43 Å². The van der Waals surface area contributed by atoms with E-state index in [0.29, 0.717) is 13.2 Å². The summed E-state index contributed by atoms with van der Waals surface area (Å²) in [4.78, 5) is 0. The minimum absolute atomic E-state index is 0.00113. The highest BCUT2D eigenvalue weighted by Crippen LogP contribution is 2.34. The average Bonchev–Trinajstić information content (AvgIpc) is 2.40. The van der Waals surface area contributed by atoms with Gasteiger partial charge in [0.2, 0.25) is 0 Å². The summed E-state index contributed by atoms with van der Waals surface area (Å²) in [6, 6.07) is 2.06. The second-order valence-corrected chi connectivity index (χ2v) is 5.21. The van der Waals surface area contributed by atoms with Gasteiger partial charge in [-0.25, -0.2) is 8.78 Å². The topological polar surface area (TPSA) is 47.3 Å². The molecule has 3 N–H and O–H groups in total. The number of nitrogens with two attached hydrogens (primary N) is 1. The van der Waals surface area contributed by atoms with E-state index in [9.17, 15) is 8.78 Å². The van der Waals surface area contributed by atoms with Crippen molar-refractivity contribution in [3.8, 4) is 0 Å². The Morgan fingerprint density at radius 3 is 2.61 bits per heavy atom. The number of ether oxygens (including phenoxy) is 1. The number of hydrazine groups is 1. The Morgan fingerprint density at radius 2 is 2.00 bits per heavy atom. The predicted molar refractivity (Wildman–Crippen MR) is 67.7 cm³/mol. The van der Waals surface area contributed by atoms with E-state index in [-0.39, 0.29) is 16.0 Å². The molecule has 0 amide bonds. The first kappa shape index (κ1) is 13.9. The smallest absolute Gasteiger partial charge is 0.145 e. The van der Waals surface area contributed by atoms with Crippen molar-refractivity contribution in [3.05, 3.63) is 33.8 Å². The molecule has 0 spiro atoms. The second kappa shape index (κ2) is 6.06. The molecule has 1 saturated heterocycles. The summed E-state index contributed by atoms with van der Waals surface area (Å²) < 4.78 is 33.4. The van der Waals surface area contributed by atoms with Gasteiger partial charge in [-0.05, 0) is 46.8 Å². The summed E-state index contributed by atoms with van der Waals surface area (Å²) in [6.07, 6.45) is 1.47. The van der Waals surface area contributed by atoms with Crippen LogP contribution in [0.25, 0.3) is 0 Å². The van der Waals surface area contributed by atoms with E-state index in [1.54, 1.807) is 0 Å². The van der Waals surface area contributed by atoms with Crippen molar-refractivity contribution in [2.24, 2.45) is 11.8 Å². The van der Waals surface area contributed by atoms with Gasteiger partial charge in [0.1, 0.15) is 11.6 Å². The number of halogens is 3. The first-order valence-corrected chi connectivity index (χ1v) is 6.61. The molecule has 1 heterocycles. The molecule has 1 aromatic carbocycles. The lowest BCUT2D eigenvalue weighted by molar-refractivity contribution is 0.0526. The Labute approximate surface area is 113 Å². The normalized spacial score (nSPS) is 18.9. The van der Waals surface area contributed by atoms with Crippen LogP contribution in [0.1, 0.15) is 24.4 Å². The molecule has 0 aliphatic carbocycles. The first-order valence-electron chi connectivity index (χ1n) is 5.82. The average molecular weight is 321 g/mol. The zero-order valence-corrected chi connectivity index (χ0v) is 11.3. The molecule has 1 aromatic rings. The van der Waals surface area contributed by atoms with Crippen LogP contribution >= 0.6 is 15.9 Å². The van der Waals surface area contributed by atoms with Crippen molar-refractivity contribution in [2.75, 3.05) is 13.2 Å². The first-order chi connectivity index (χ1) is 8.65. The summed E-state index contributed by atoms with van der Waals surface area (Å²) in [6.45, 7) is 1.19. The van der Waals surface area contributed by atoms with Crippen molar-refractivity contribution < 1.29 is 13.5 Å². The molecular formula is C12H15BrF2N2O. The fourth-order valence-corrected chi connectivity index (χ4v) is 2.68. The van der Waals surface area contributed by atoms with Crippen molar-refractivity contribution in [1.29, 1.82) is 0 Å². The number of rotatable bonds is 3. The molecule has 18 heavy (non-hydrogen) atoms. The van der Waals surface area contributed by atoms with Crippen LogP contribution in [0.3, 0.4) is 0 Å². The number of hydrogen-bond acceptors (Lipinski definition) is 3. The maximum Gasteiger partial charge on any atom is 0.145 e. The monoisotopic (exact) mass is 320 g/mol. The Hall–Kier alpha value is -0.560. The van der Waals surface area contributed by atoms with Crippen LogP contribution in [0.2, 0.25) is 0 Å². The third-order valence-electron chi connectivity index (χ3n) is 3.31. The lowest BCUT2D eigenvalue weighted by Gasteiger charge is -2.30. The van der Waals surface area contributed by atoms with Crippen LogP contribution in [0.15, 0.2) is 16.6 Å². The van der Waals surface area contributed by atoms with E-state index in [0.717, 1.165) is 12.8 Å². The molecule has 3 nitrogen and oxygen atoms in total. The maximum absolute atomic E-state index is 14.0. The van der Waals surface area contributed by atoms with E-state index in [2.05, 4.69) is 21.4 Å². The van der Waals surface area contributed by atoms with Crippen molar-refractivity contribution >= 4 is 15.9 Å². The van der Waals surface area contributed by atoms with E-state index in [4.69, 9.17) is 10.6 Å². The Morgan fingerprint density at radius 1 is 1.33 bits per heavy atom. The van der Waals surface area contributed by atoms with Crippen LogP contribution in [-0.2, 0) is 4.74 Å². The molecule has 1 fully saturated rings. The van der Waals surface area contributed by atoms with Gasteiger partial charge in [0, 0.05) is 18.8 Å². The van der Waals surface area contributed by atoms with Gasteiger partial charge in [0.05, 0.1) is 10.5 Å². The Bertz CT molecular complexity index is 425. The summed E-state index contributed by atoms with van der Waals surface area (Å²) in [5.74, 6) is 4.38. The lowest BCUT2D eigenvalue weighted by Crippen LogP contribution is -2.37. The molecule has 1 unspecified atom stereocenters. The third kappa shape index (κ3) is 2.71. The fourth-order valence-electron chi connectivity index (χ4n) is 2.33. The van der Waals surface area contributed by atoms with Crippen LogP contribution in [-0.4, -0.2) is 13.2 Å². The number of hydrogen-bond donors (Lipinski definition) is 2. The van der Waals surface area contributed by atoms with Gasteiger partial charge in [-0.15, -0.1) is 0 Å². The molecule has 1 atom stereocenters. The fraction of sp³-hybridized carbons (Fsp3) is 0.500. The van der Waals surface area contributed by atoms with Crippen molar-refractivity contribution in [3.63, 3.8) is 0 Å². The zero-order valence-electron chi connectivity index (χ0n) is 9.76. The summed E-state index contributed by atoms with van der Waals surface area (Å²) in [5.41, 5.74) is 2.54. The zero-order chi connectivity index (χ0) is 13.1. The van der Waals surface area contributed by atoms with E-state index < -0.39 is 17.7 Å². The number of nitrogens with one attached hydrogen (secondary N) is 1. The molecule has 100 valence electrons. The van der Waals surface area contributed by atoms with E-state index in [1.807, 2.05) is 0 Å². The highest BCUT2D eigenvalue weighted by molar-refractivity contribution is 9.10. The van der Waals surface area contributed by atoms with Gasteiger partial charge >= 0.3 is 0 Å². The molecule has 2 rings (SSSR count). The van der Waals surface area contributed by atoms with Gasteiger partial charge in [-0.3, -0.25) is 11.3 Å². The molecule has 0 saturated carbocycles. The van der Waals surface area contributed by atoms with Crippen LogP contribution in [0.4, 0.5) is 8.78 Å². The van der Waals surface area contributed by atoms with Crippen molar-refractivity contribution in [2.45, 2.75) is 18.9 Å². The molecule has 6 heteroatoms. The molecule has 1 aliphatic heterocycles.